The molecule has 4 nitrogen and oxygen atoms in total. The molecule has 0 saturated heterocycles. The van der Waals surface area contributed by atoms with E-state index in [1.54, 1.807) is 12.1 Å². The summed E-state index contributed by atoms with van der Waals surface area (Å²) in [7, 11) is 0. The number of fused-ring (bicyclic) bond motifs is 4. The highest BCUT2D eigenvalue weighted by atomic mass is 14.8. The smallest absolute Gasteiger partial charge is 0.0973 e. The highest BCUT2D eigenvalue weighted by Gasteiger charge is 2.14. The van der Waals surface area contributed by atoms with Crippen LogP contribution in [0, 0.1) is 6.85 Å². The first-order chi connectivity index (χ1) is 19.4. The third-order valence-corrected chi connectivity index (χ3v) is 6.57. The van der Waals surface area contributed by atoms with E-state index < -0.39 is 6.85 Å². The number of pyridine rings is 2. The largest absolute Gasteiger partial charge is 0.251 e. The fourth-order valence-electron chi connectivity index (χ4n) is 4.75. The molecule has 4 aromatic carbocycles. The molecule has 0 unspecified atom stereocenters. The molecule has 3 aromatic heterocycles. The first-order valence-corrected chi connectivity index (χ1v) is 12.1. The Morgan fingerprint density at radius 1 is 0.486 bits per heavy atom. The summed E-state index contributed by atoms with van der Waals surface area (Å²) in [6.45, 7) is -2.29. The number of hydrogen-bond donors (Lipinski definition) is 0. The predicted octanol–water partition coefficient (Wildman–Crippen LogP) is 8.04. The minimum absolute atomic E-state index is 0.0602. The van der Waals surface area contributed by atoms with Crippen LogP contribution in [0.2, 0.25) is 0 Å². The first kappa shape index (κ1) is 18.3. The van der Waals surface area contributed by atoms with E-state index in [-0.39, 0.29) is 5.69 Å². The molecule has 0 radical (unpaired) electrons. The van der Waals surface area contributed by atoms with Crippen LogP contribution in [0.1, 0.15) is 9.81 Å². The van der Waals surface area contributed by atoms with Crippen LogP contribution < -0.4 is 0 Å². The zero-order valence-electron chi connectivity index (χ0n) is 22.8. The van der Waals surface area contributed by atoms with E-state index in [0.29, 0.717) is 11.0 Å². The Hall–Kier alpha value is -4.96. The van der Waals surface area contributed by atoms with Gasteiger partial charge >= 0.3 is 0 Å². The van der Waals surface area contributed by atoms with Gasteiger partial charge in [0.2, 0.25) is 0 Å². The van der Waals surface area contributed by atoms with Crippen LogP contribution in [0.4, 0.5) is 0 Å². The predicted molar refractivity (Wildman–Crippen MR) is 151 cm³/mol. The molecule has 0 atom stereocenters. The van der Waals surface area contributed by atoms with Gasteiger partial charge in [0.15, 0.2) is 0 Å². The number of para-hydroxylation sites is 2. The maximum Gasteiger partial charge on any atom is 0.0973 e. The summed E-state index contributed by atoms with van der Waals surface area (Å²) < 4.78 is 23.4. The molecule has 0 N–H and O–H groups in total. The van der Waals surface area contributed by atoms with Gasteiger partial charge in [-0.1, -0.05) is 84.9 Å². The van der Waals surface area contributed by atoms with Gasteiger partial charge in [0.25, 0.3) is 0 Å². The number of aromatic nitrogens is 4. The Labute approximate surface area is 218 Å². The van der Waals surface area contributed by atoms with Gasteiger partial charge < -0.3 is 0 Å². The fourth-order valence-corrected chi connectivity index (χ4v) is 4.75. The van der Waals surface area contributed by atoms with Gasteiger partial charge in [0.05, 0.1) is 39.1 Å². The molecule has 0 fully saturated rings. The van der Waals surface area contributed by atoms with Crippen LogP contribution >= 0.6 is 0 Å². The molecule has 7 rings (SSSR count). The molecule has 0 amide bonds. The van der Waals surface area contributed by atoms with Gasteiger partial charge in [0, 0.05) is 37.3 Å². The van der Waals surface area contributed by atoms with E-state index in [1.807, 2.05) is 97.1 Å². The van der Waals surface area contributed by atoms with Crippen LogP contribution in [0.15, 0.2) is 115 Å². The number of rotatable bonds is 3. The van der Waals surface area contributed by atoms with Crippen molar-refractivity contribution >= 4 is 32.8 Å². The average molecular weight is 478 g/mol. The van der Waals surface area contributed by atoms with Crippen LogP contribution in [0.5, 0.6) is 0 Å². The van der Waals surface area contributed by atoms with Crippen molar-refractivity contribution in [3.05, 3.63) is 121 Å². The summed E-state index contributed by atoms with van der Waals surface area (Å²) in [5.74, 6) is 0. The monoisotopic (exact) mass is 477 g/mol. The van der Waals surface area contributed by atoms with E-state index in [1.165, 1.54) is 0 Å². The summed E-state index contributed by atoms with van der Waals surface area (Å²) in [6.07, 6.45) is 0. The lowest BCUT2D eigenvalue weighted by Crippen LogP contribution is -1.96. The number of hydrogen-bond acceptors (Lipinski definition) is 4. The van der Waals surface area contributed by atoms with Gasteiger partial charge in [-0.15, -0.1) is 0 Å². The normalized spacial score (nSPS) is 12.9. The van der Waals surface area contributed by atoms with Gasteiger partial charge in [-0.2, -0.15) is 0 Å². The van der Waals surface area contributed by atoms with Crippen molar-refractivity contribution in [2.24, 2.45) is 0 Å². The highest BCUT2D eigenvalue weighted by Crippen LogP contribution is 2.33. The van der Waals surface area contributed by atoms with Crippen molar-refractivity contribution in [1.29, 1.82) is 0 Å². The second kappa shape index (κ2) is 8.61. The summed E-state index contributed by atoms with van der Waals surface area (Å²) in [5, 5.41) is 1.74. The molecule has 0 bridgehead atoms. The molecule has 174 valence electrons. The van der Waals surface area contributed by atoms with Crippen molar-refractivity contribution in [3.63, 3.8) is 0 Å². The molecule has 3 heterocycles. The van der Waals surface area contributed by atoms with Crippen LogP contribution in [0.25, 0.3) is 66.6 Å². The van der Waals surface area contributed by atoms with Gasteiger partial charge in [-0.3, -0.25) is 4.98 Å². The van der Waals surface area contributed by atoms with Crippen molar-refractivity contribution in [2.75, 3.05) is 0 Å². The molecule has 0 saturated carbocycles. The molecule has 4 heteroatoms. The maximum absolute atomic E-state index is 7.81. The summed E-state index contributed by atoms with van der Waals surface area (Å²) in [5.41, 5.74) is 8.18. The summed E-state index contributed by atoms with van der Waals surface area (Å²) in [6, 6.07) is 37.3. The van der Waals surface area contributed by atoms with Crippen LogP contribution in [-0.4, -0.2) is 19.9 Å². The minimum atomic E-state index is -2.29. The lowest BCUT2D eigenvalue weighted by atomic mass is 10.00. The second-order valence-electron chi connectivity index (χ2n) is 8.96. The van der Waals surface area contributed by atoms with E-state index in [4.69, 9.17) is 19.1 Å². The van der Waals surface area contributed by atoms with E-state index in [9.17, 15) is 0 Å². The summed E-state index contributed by atoms with van der Waals surface area (Å²) >= 11 is 0. The molecule has 7 aromatic rings. The van der Waals surface area contributed by atoms with Crippen molar-refractivity contribution in [3.8, 4) is 33.8 Å². The Morgan fingerprint density at radius 3 is 1.84 bits per heavy atom. The average Bonchev–Trinajstić information content (AvgIpc) is 3.00. The SMILES string of the molecule is [2H]C([2H])([2H])c1ccc2ccc3ccc(-c4cccc(-c5nc6ccccc6nc5-c5ccccc5)c4)nc3c2n1. The zero-order chi connectivity index (χ0) is 27.3. The van der Waals surface area contributed by atoms with Crippen molar-refractivity contribution in [1.82, 2.24) is 19.9 Å². The Kier molecular flexibility index (Phi) is 4.26. The Bertz CT molecular complexity index is 2050. The van der Waals surface area contributed by atoms with Crippen LogP contribution in [0.3, 0.4) is 0 Å². The fraction of sp³-hybridized carbons (Fsp3) is 0.0303. The lowest BCUT2D eigenvalue weighted by molar-refractivity contribution is 1.25. The van der Waals surface area contributed by atoms with E-state index >= 15 is 0 Å². The van der Waals surface area contributed by atoms with E-state index in [2.05, 4.69) is 11.1 Å². The third-order valence-electron chi connectivity index (χ3n) is 6.57. The molecule has 0 aliphatic heterocycles. The first-order valence-electron chi connectivity index (χ1n) is 13.6. The Balaban J connectivity index is 1.40. The number of benzene rings is 4. The standard InChI is InChI=1S/C33H22N4/c1-21-14-15-23-16-17-24-18-19-27(35-32(24)30(23)34-21)25-10-7-11-26(20-25)33-31(22-8-3-2-4-9-22)36-28-12-5-6-13-29(28)37-33/h2-20H,1H3/i1D3. The van der Waals surface area contributed by atoms with Crippen molar-refractivity contribution in [2.45, 2.75) is 6.85 Å². The van der Waals surface area contributed by atoms with Crippen LogP contribution in [-0.2, 0) is 0 Å². The molecular weight excluding hydrogens is 452 g/mol. The van der Waals surface area contributed by atoms with Gasteiger partial charge in [0.1, 0.15) is 0 Å². The van der Waals surface area contributed by atoms with Gasteiger partial charge in [-0.05, 0) is 37.2 Å². The summed E-state index contributed by atoms with van der Waals surface area (Å²) in [4.78, 5) is 19.5. The number of nitrogens with zero attached hydrogens (tertiary/aromatic N) is 4. The van der Waals surface area contributed by atoms with Crippen molar-refractivity contribution < 1.29 is 4.11 Å². The molecular formula is C33H22N4. The molecule has 37 heavy (non-hydrogen) atoms. The van der Waals surface area contributed by atoms with Gasteiger partial charge in [-0.25, -0.2) is 15.0 Å². The minimum Gasteiger partial charge on any atom is -0.251 e. The maximum atomic E-state index is 7.81. The molecule has 0 aliphatic carbocycles. The Morgan fingerprint density at radius 2 is 1.08 bits per heavy atom. The quantitative estimate of drug-likeness (QED) is 0.242. The molecule has 0 aliphatic rings. The third kappa shape index (κ3) is 3.80. The number of aryl methyl sites for hydroxylation is 1. The van der Waals surface area contributed by atoms with E-state index in [0.717, 1.165) is 55.6 Å². The second-order valence-corrected chi connectivity index (χ2v) is 8.96. The lowest BCUT2D eigenvalue weighted by Gasteiger charge is -2.12. The highest BCUT2D eigenvalue weighted by molar-refractivity contribution is 6.03. The topological polar surface area (TPSA) is 51.6 Å². The zero-order valence-corrected chi connectivity index (χ0v) is 19.8. The molecule has 0 spiro atoms.